The maximum atomic E-state index is 12.9. The third kappa shape index (κ3) is 3.66. The van der Waals surface area contributed by atoms with Crippen molar-refractivity contribution >= 4 is 56.4 Å². The number of benzene rings is 2. The van der Waals surface area contributed by atoms with E-state index >= 15 is 0 Å². The van der Waals surface area contributed by atoms with E-state index in [2.05, 4.69) is 6.58 Å². The number of amides is 1. The second-order valence-corrected chi connectivity index (χ2v) is 8.46. The molecular weight excluding hydrogens is 388 g/mol. The molecule has 2 aromatic carbocycles. The molecule has 1 aliphatic heterocycles. The van der Waals surface area contributed by atoms with Crippen LogP contribution in [-0.4, -0.2) is 33.6 Å². The van der Waals surface area contributed by atoms with Gasteiger partial charge in [0.25, 0.3) is 0 Å². The predicted molar refractivity (Wildman–Crippen MR) is 118 cm³/mol. The van der Waals surface area contributed by atoms with Gasteiger partial charge in [0.1, 0.15) is 0 Å². The van der Waals surface area contributed by atoms with Crippen molar-refractivity contribution in [2.45, 2.75) is 11.7 Å². The first-order chi connectivity index (χ1) is 13.7. The SMILES string of the molecule is C=CCN1C(=O)C(CC(=O)c2cccs2)SC1=Nc1cccc2ccccc12. The smallest absolute Gasteiger partial charge is 0.242 e. The lowest BCUT2D eigenvalue weighted by atomic mass is 10.1. The van der Waals surface area contributed by atoms with Crippen molar-refractivity contribution in [1.29, 1.82) is 0 Å². The molecule has 2 heterocycles. The first kappa shape index (κ1) is 18.7. The Morgan fingerprint density at radius 2 is 1.96 bits per heavy atom. The molecule has 6 heteroatoms. The Bertz CT molecular complexity index is 1070. The highest BCUT2D eigenvalue weighted by Gasteiger charge is 2.38. The van der Waals surface area contributed by atoms with Gasteiger partial charge in [-0.05, 0) is 22.9 Å². The molecule has 0 aliphatic carbocycles. The second kappa shape index (κ2) is 8.12. The van der Waals surface area contributed by atoms with Gasteiger partial charge < -0.3 is 0 Å². The van der Waals surface area contributed by atoms with E-state index in [9.17, 15) is 9.59 Å². The first-order valence-electron chi connectivity index (χ1n) is 8.89. The number of thioether (sulfide) groups is 1. The van der Waals surface area contributed by atoms with Crippen molar-refractivity contribution in [3.8, 4) is 0 Å². The summed E-state index contributed by atoms with van der Waals surface area (Å²) < 4.78 is 0. The summed E-state index contributed by atoms with van der Waals surface area (Å²) in [4.78, 5) is 32.5. The van der Waals surface area contributed by atoms with Crippen LogP contribution in [0, 0.1) is 0 Å². The largest absolute Gasteiger partial charge is 0.293 e. The normalized spacial score (nSPS) is 18.1. The van der Waals surface area contributed by atoms with Crippen LogP contribution in [0.2, 0.25) is 0 Å². The van der Waals surface area contributed by atoms with E-state index in [1.165, 1.54) is 23.1 Å². The number of amidine groups is 1. The summed E-state index contributed by atoms with van der Waals surface area (Å²) in [5.74, 6) is -0.0976. The van der Waals surface area contributed by atoms with Crippen molar-refractivity contribution < 1.29 is 9.59 Å². The summed E-state index contributed by atoms with van der Waals surface area (Å²) in [5.41, 5.74) is 0.813. The number of rotatable bonds is 6. The Hall–Kier alpha value is -2.70. The third-order valence-corrected chi connectivity index (χ3v) is 6.57. The zero-order chi connectivity index (χ0) is 19.5. The van der Waals surface area contributed by atoms with E-state index in [1.54, 1.807) is 17.0 Å². The van der Waals surface area contributed by atoms with Gasteiger partial charge in [0.05, 0.1) is 15.8 Å². The molecule has 1 atom stereocenters. The van der Waals surface area contributed by atoms with E-state index in [4.69, 9.17) is 4.99 Å². The van der Waals surface area contributed by atoms with E-state index in [0.717, 1.165) is 16.5 Å². The van der Waals surface area contributed by atoms with Crippen molar-refractivity contribution in [2.24, 2.45) is 4.99 Å². The summed E-state index contributed by atoms with van der Waals surface area (Å²) in [6, 6.07) is 17.6. The van der Waals surface area contributed by atoms with E-state index in [1.807, 2.05) is 53.9 Å². The van der Waals surface area contributed by atoms with Crippen molar-refractivity contribution in [3.05, 3.63) is 77.5 Å². The Labute approximate surface area is 171 Å². The fourth-order valence-electron chi connectivity index (χ4n) is 3.14. The van der Waals surface area contributed by atoms with Gasteiger partial charge in [0.2, 0.25) is 5.91 Å². The molecule has 1 unspecified atom stereocenters. The summed E-state index contributed by atoms with van der Waals surface area (Å²) in [6.45, 7) is 4.13. The molecule has 28 heavy (non-hydrogen) atoms. The predicted octanol–water partition coefficient (Wildman–Crippen LogP) is 5.29. The van der Waals surface area contributed by atoms with Gasteiger partial charge in [0.15, 0.2) is 11.0 Å². The molecule has 1 amide bonds. The molecule has 3 aromatic rings. The Kier molecular flexibility index (Phi) is 5.41. The van der Waals surface area contributed by atoms with E-state index < -0.39 is 5.25 Å². The number of hydrogen-bond donors (Lipinski definition) is 0. The van der Waals surface area contributed by atoms with Crippen molar-refractivity contribution in [2.75, 3.05) is 6.54 Å². The van der Waals surface area contributed by atoms with Crippen LogP contribution in [-0.2, 0) is 4.79 Å². The fraction of sp³-hybridized carbons (Fsp3) is 0.136. The van der Waals surface area contributed by atoms with Crippen LogP contribution in [0.25, 0.3) is 10.8 Å². The number of ketones is 1. The van der Waals surface area contributed by atoms with Gasteiger partial charge in [0, 0.05) is 18.4 Å². The summed E-state index contributed by atoms with van der Waals surface area (Å²) >= 11 is 2.76. The monoisotopic (exact) mass is 406 g/mol. The third-order valence-electron chi connectivity index (χ3n) is 4.48. The maximum Gasteiger partial charge on any atom is 0.242 e. The van der Waals surface area contributed by atoms with Crippen LogP contribution in [0.5, 0.6) is 0 Å². The molecule has 1 saturated heterocycles. The lowest BCUT2D eigenvalue weighted by molar-refractivity contribution is -0.125. The van der Waals surface area contributed by atoms with Crippen molar-refractivity contribution in [3.63, 3.8) is 0 Å². The first-order valence-corrected chi connectivity index (χ1v) is 10.7. The van der Waals surface area contributed by atoms with Gasteiger partial charge in [-0.25, -0.2) is 4.99 Å². The maximum absolute atomic E-state index is 12.9. The average molecular weight is 407 g/mol. The quantitative estimate of drug-likeness (QED) is 0.413. The molecule has 0 bridgehead atoms. The zero-order valence-corrected chi connectivity index (χ0v) is 16.7. The highest BCUT2D eigenvalue weighted by atomic mass is 32.2. The number of carbonyl (C=O) groups is 2. The summed E-state index contributed by atoms with van der Waals surface area (Å²) in [5, 5.41) is 4.16. The number of carbonyl (C=O) groups excluding carboxylic acids is 2. The fourth-order valence-corrected chi connectivity index (χ4v) is 4.97. The minimum atomic E-state index is -0.455. The van der Waals surface area contributed by atoms with Crippen LogP contribution >= 0.6 is 23.1 Å². The van der Waals surface area contributed by atoms with Gasteiger partial charge in [-0.15, -0.1) is 17.9 Å². The van der Waals surface area contributed by atoms with Gasteiger partial charge in [-0.2, -0.15) is 0 Å². The minimum Gasteiger partial charge on any atom is -0.293 e. The Balaban J connectivity index is 1.65. The van der Waals surface area contributed by atoms with Crippen LogP contribution in [0.1, 0.15) is 16.1 Å². The van der Waals surface area contributed by atoms with Gasteiger partial charge >= 0.3 is 0 Å². The van der Waals surface area contributed by atoms with E-state index in [-0.39, 0.29) is 18.1 Å². The minimum absolute atomic E-state index is 0.00851. The number of fused-ring (bicyclic) bond motifs is 1. The molecular formula is C22H18N2O2S2. The molecule has 0 saturated carbocycles. The van der Waals surface area contributed by atoms with Crippen LogP contribution in [0.4, 0.5) is 5.69 Å². The average Bonchev–Trinajstić information content (AvgIpc) is 3.34. The molecule has 4 nitrogen and oxygen atoms in total. The van der Waals surface area contributed by atoms with Crippen molar-refractivity contribution in [1.82, 2.24) is 4.90 Å². The highest BCUT2D eigenvalue weighted by molar-refractivity contribution is 8.15. The Morgan fingerprint density at radius 3 is 2.75 bits per heavy atom. The summed E-state index contributed by atoms with van der Waals surface area (Å²) in [7, 11) is 0. The van der Waals surface area contributed by atoms with Gasteiger partial charge in [-0.1, -0.05) is 60.3 Å². The molecule has 1 aromatic heterocycles. The lowest BCUT2D eigenvalue weighted by Gasteiger charge is -2.14. The summed E-state index contributed by atoms with van der Waals surface area (Å²) in [6.07, 6.45) is 1.85. The standard InChI is InChI=1S/C22H18N2O2S2/c1-2-12-24-21(26)20(14-18(25)19-11-6-13-27-19)28-22(24)23-17-10-5-8-15-7-3-4-9-16(15)17/h2-11,13,20H,1,12,14H2. The van der Waals surface area contributed by atoms with Crippen LogP contribution in [0.3, 0.4) is 0 Å². The number of nitrogens with zero attached hydrogens (tertiary/aromatic N) is 2. The molecule has 1 aliphatic rings. The Morgan fingerprint density at radius 1 is 1.14 bits per heavy atom. The molecule has 1 fully saturated rings. The molecule has 4 rings (SSSR count). The van der Waals surface area contributed by atoms with Gasteiger partial charge in [-0.3, -0.25) is 14.5 Å². The second-order valence-electron chi connectivity index (χ2n) is 6.34. The molecule has 0 radical (unpaired) electrons. The number of thiophene rings is 1. The number of Topliss-reactive ketones (excluding diaryl/α,β-unsaturated/α-hetero) is 1. The number of hydrogen-bond acceptors (Lipinski definition) is 5. The molecule has 0 N–H and O–H groups in total. The number of aliphatic imine (C=N–C) groups is 1. The zero-order valence-electron chi connectivity index (χ0n) is 15.1. The van der Waals surface area contributed by atoms with Crippen LogP contribution in [0.15, 0.2) is 77.6 Å². The highest BCUT2D eigenvalue weighted by Crippen LogP contribution is 2.34. The lowest BCUT2D eigenvalue weighted by Crippen LogP contribution is -2.32. The topological polar surface area (TPSA) is 49.7 Å². The molecule has 0 spiro atoms. The van der Waals surface area contributed by atoms with Crippen LogP contribution < -0.4 is 0 Å². The van der Waals surface area contributed by atoms with E-state index in [0.29, 0.717) is 16.6 Å². The molecule has 140 valence electrons.